The quantitative estimate of drug-likeness (QED) is 0.557. The normalized spacial score (nSPS) is 15.2. The van der Waals surface area contributed by atoms with E-state index in [1.807, 2.05) is 42.5 Å². The SMILES string of the molecule is O=C1NC(=O)/C(=C\c2ccc(OCCCOc3ccccc3Cl)cc2)S1. The summed E-state index contributed by atoms with van der Waals surface area (Å²) in [7, 11) is 0. The van der Waals surface area contributed by atoms with Gasteiger partial charge in [-0.1, -0.05) is 35.9 Å². The largest absolute Gasteiger partial charge is 0.493 e. The zero-order valence-electron chi connectivity index (χ0n) is 13.7. The van der Waals surface area contributed by atoms with Crippen LogP contribution in [0.5, 0.6) is 11.5 Å². The molecule has 26 heavy (non-hydrogen) atoms. The van der Waals surface area contributed by atoms with Crippen LogP contribution in [0.15, 0.2) is 53.4 Å². The van der Waals surface area contributed by atoms with Crippen molar-refractivity contribution in [2.24, 2.45) is 0 Å². The summed E-state index contributed by atoms with van der Waals surface area (Å²) in [4.78, 5) is 23.0. The van der Waals surface area contributed by atoms with Crippen LogP contribution in [-0.2, 0) is 4.79 Å². The van der Waals surface area contributed by atoms with Gasteiger partial charge in [0.25, 0.3) is 11.1 Å². The number of rotatable bonds is 7. The van der Waals surface area contributed by atoms with Crippen LogP contribution < -0.4 is 14.8 Å². The molecule has 5 nitrogen and oxygen atoms in total. The maximum absolute atomic E-state index is 11.5. The second kappa shape index (κ2) is 8.78. The second-order valence-electron chi connectivity index (χ2n) is 5.40. The highest BCUT2D eigenvalue weighted by Crippen LogP contribution is 2.26. The molecule has 134 valence electrons. The van der Waals surface area contributed by atoms with Crippen molar-refractivity contribution >= 4 is 40.6 Å². The van der Waals surface area contributed by atoms with Gasteiger partial charge in [0.2, 0.25) is 0 Å². The maximum atomic E-state index is 11.5. The molecule has 0 bridgehead atoms. The third kappa shape index (κ3) is 5.03. The summed E-state index contributed by atoms with van der Waals surface area (Å²) in [6.45, 7) is 1.02. The zero-order chi connectivity index (χ0) is 18.4. The van der Waals surface area contributed by atoms with Gasteiger partial charge in [0.05, 0.1) is 23.1 Å². The van der Waals surface area contributed by atoms with E-state index in [1.165, 1.54) is 0 Å². The monoisotopic (exact) mass is 389 g/mol. The van der Waals surface area contributed by atoms with Gasteiger partial charge in [0.1, 0.15) is 11.5 Å². The number of ether oxygens (including phenoxy) is 2. The lowest BCUT2D eigenvalue weighted by molar-refractivity contribution is -0.115. The summed E-state index contributed by atoms with van der Waals surface area (Å²) in [6, 6.07) is 14.6. The number of amides is 2. The molecule has 0 unspecified atom stereocenters. The molecule has 3 rings (SSSR count). The van der Waals surface area contributed by atoms with Gasteiger partial charge >= 0.3 is 0 Å². The van der Waals surface area contributed by atoms with Crippen molar-refractivity contribution in [2.75, 3.05) is 13.2 Å². The summed E-state index contributed by atoms with van der Waals surface area (Å²) < 4.78 is 11.3. The Morgan fingerprint density at radius 1 is 1.00 bits per heavy atom. The van der Waals surface area contributed by atoms with Crippen molar-refractivity contribution in [1.29, 1.82) is 0 Å². The highest BCUT2D eigenvalue weighted by Gasteiger charge is 2.24. The minimum absolute atomic E-state index is 0.347. The molecule has 0 aliphatic carbocycles. The first kappa shape index (κ1) is 18.4. The Kier molecular flexibility index (Phi) is 6.20. The Hall–Kier alpha value is -2.44. The number of imide groups is 1. The van der Waals surface area contributed by atoms with E-state index in [4.69, 9.17) is 21.1 Å². The predicted octanol–water partition coefficient (Wildman–Crippen LogP) is 4.51. The Balaban J connectivity index is 1.43. The molecule has 0 saturated carbocycles. The maximum Gasteiger partial charge on any atom is 0.290 e. The molecule has 1 heterocycles. The van der Waals surface area contributed by atoms with Gasteiger partial charge in [-0.25, -0.2) is 0 Å². The van der Waals surface area contributed by atoms with Crippen molar-refractivity contribution in [3.63, 3.8) is 0 Å². The van der Waals surface area contributed by atoms with Gasteiger partial charge in [-0.05, 0) is 47.7 Å². The lowest BCUT2D eigenvalue weighted by atomic mass is 10.2. The van der Waals surface area contributed by atoms with Crippen LogP contribution in [0.25, 0.3) is 6.08 Å². The molecule has 1 fully saturated rings. The fourth-order valence-electron chi connectivity index (χ4n) is 2.23. The molecule has 2 aromatic carbocycles. The smallest absolute Gasteiger partial charge is 0.290 e. The average molecular weight is 390 g/mol. The number of carbonyl (C=O) groups is 2. The third-order valence-electron chi connectivity index (χ3n) is 3.47. The molecular formula is C19H16ClNO4S. The number of hydrogen-bond acceptors (Lipinski definition) is 5. The number of carbonyl (C=O) groups excluding carboxylic acids is 2. The van der Waals surface area contributed by atoms with Crippen LogP contribution >= 0.6 is 23.4 Å². The Morgan fingerprint density at radius 3 is 2.42 bits per heavy atom. The summed E-state index contributed by atoms with van der Waals surface area (Å²) >= 11 is 6.92. The predicted molar refractivity (Wildman–Crippen MR) is 103 cm³/mol. The first-order valence-corrected chi connectivity index (χ1v) is 9.16. The van der Waals surface area contributed by atoms with Crippen molar-refractivity contribution in [3.05, 3.63) is 64.0 Å². The minimum Gasteiger partial charge on any atom is -0.493 e. The van der Waals surface area contributed by atoms with Gasteiger partial charge in [0, 0.05) is 6.42 Å². The zero-order valence-corrected chi connectivity index (χ0v) is 15.3. The minimum atomic E-state index is -0.362. The topological polar surface area (TPSA) is 64.6 Å². The first-order chi connectivity index (χ1) is 12.6. The molecule has 1 aliphatic rings. The Morgan fingerprint density at radius 2 is 1.73 bits per heavy atom. The Bertz CT molecular complexity index is 836. The van der Waals surface area contributed by atoms with Gasteiger partial charge in [0.15, 0.2) is 0 Å². The number of para-hydroxylation sites is 1. The molecule has 7 heteroatoms. The summed E-state index contributed by atoms with van der Waals surface area (Å²) in [5, 5.41) is 2.47. The van der Waals surface area contributed by atoms with E-state index in [0.29, 0.717) is 28.9 Å². The average Bonchev–Trinajstić information content (AvgIpc) is 2.95. The second-order valence-corrected chi connectivity index (χ2v) is 6.82. The van der Waals surface area contributed by atoms with E-state index in [0.717, 1.165) is 29.5 Å². The van der Waals surface area contributed by atoms with Crippen LogP contribution in [0.2, 0.25) is 5.02 Å². The van der Waals surface area contributed by atoms with Gasteiger partial charge in [-0.15, -0.1) is 0 Å². The summed E-state index contributed by atoms with van der Waals surface area (Å²) in [5.74, 6) is 1.03. The number of hydrogen-bond donors (Lipinski definition) is 1. The van der Waals surface area contributed by atoms with Crippen LogP contribution in [0.4, 0.5) is 4.79 Å². The van der Waals surface area contributed by atoms with Gasteiger partial charge < -0.3 is 9.47 Å². The highest BCUT2D eigenvalue weighted by atomic mass is 35.5. The molecule has 1 aliphatic heterocycles. The van der Waals surface area contributed by atoms with Gasteiger partial charge in [-0.3, -0.25) is 14.9 Å². The van der Waals surface area contributed by atoms with E-state index in [-0.39, 0.29) is 11.1 Å². The van der Waals surface area contributed by atoms with E-state index in [9.17, 15) is 9.59 Å². The molecule has 2 amide bonds. The standard InChI is InChI=1S/C19H16ClNO4S/c20-15-4-1-2-5-16(15)25-11-3-10-24-14-8-6-13(7-9-14)12-17-18(22)21-19(23)26-17/h1-2,4-9,12H,3,10-11H2,(H,21,22,23)/b17-12+. The van der Waals surface area contributed by atoms with E-state index >= 15 is 0 Å². The molecule has 1 saturated heterocycles. The van der Waals surface area contributed by atoms with Crippen molar-refractivity contribution in [2.45, 2.75) is 6.42 Å². The van der Waals surface area contributed by atoms with E-state index < -0.39 is 0 Å². The lowest BCUT2D eigenvalue weighted by Gasteiger charge is -2.09. The molecule has 0 atom stereocenters. The van der Waals surface area contributed by atoms with Crippen molar-refractivity contribution < 1.29 is 19.1 Å². The molecule has 2 aromatic rings. The third-order valence-corrected chi connectivity index (χ3v) is 4.59. The molecule has 1 N–H and O–H groups in total. The molecule has 0 radical (unpaired) electrons. The number of thioether (sulfide) groups is 1. The first-order valence-electron chi connectivity index (χ1n) is 7.97. The van der Waals surface area contributed by atoms with Gasteiger partial charge in [-0.2, -0.15) is 0 Å². The van der Waals surface area contributed by atoms with E-state index in [1.54, 1.807) is 12.1 Å². The number of halogens is 1. The summed E-state index contributed by atoms with van der Waals surface area (Å²) in [5.41, 5.74) is 0.826. The Labute approximate surface area is 160 Å². The fraction of sp³-hybridized carbons (Fsp3) is 0.158. The molecular weight excluding hydrogens is 374 g/mol. The van der Waals surface area contributed by atoms with Crippen LogP contribution in [0, 0.1) is 0 Å². The number of benzene rings is 2. The molecule has 0 aromatic heterocycles. The van der Waals surface area contributed by atoms with Crippen LogP contribution in [0.3, 0.4) is 0 Å². The molecule has 0 spiro atoms. The lowest BCUT2D eigenvalue weighted by Crippen LogP contribution is -2.17. The highest BCUT2D eigenvalue weighted by molar-refractivity contribution is 8.18. The van der Waals surface area contributed by atoms with Crippen LogP contribution in [0.1, 0.15) is 12.0 Å². The number of nitrogens with one attached hydrogen (secondary N) is 1. The van der Waals surface area contributed by atoms with Crippen LogP contribution in [-0.4, -0.2) is 24.4 Å². The van der Waals surface area contributed by atoms with Crippen molar-refractivity contribution in [3.8, 4) is 11.5 Å². The fourth-order valence-corrected chi connectivity index (χ4v) is 3.10. The summed E-state index contributed by atoms with van der Waals surface area (Å²) in [6.07, 6.45) is 2.39. The van der Waals surface area contributed by atoms with Crippen molar-refractivity contribution in [1.82, 2.24) is 5.32 Å². The van der Waals surface area contributed by atoms with E-state index in [2.05, 4.69) is 5.32 Å².